The molecule has 0 heterocycles. The highest BCUT2D eigenvalue weighted by Gasteiger charge is 2.14. The van der Waals surface area contributed by atoms with E-state index in [9.17, 15) is 15.3 Å². The molecule has 0 spiro atoms. The first-order valence-electron chi connectivity index (χ1n) is 6.43. The van der Waals surface area contributed by atoms with Gasteiger partial charge in [0.2, 0.25) is 0 Å². The van der Waals surface area contributed by atoms with Crippen molar-refractivity contribution in [2.24, 2.45) is 0 Å². The van der Waals surface area contributed by atoms with Crippen LogP contribution < -0.4 is 0 Å². The maximum atomic E-state index is 10.00. The van der Waals surface area contributed by atoms with Crippen LogP contribution in [0.2, 0.25) is 0 Å². The second-order valence-corrected chi connectivity index (χ2v) is 4.56. The predicted molar refractivity (Wildman–Crippen MR) is 75.6 cm³/mol. The van der Waals surface area contributed by atoms with Crippen LogP contribution in [-0.4, -0.2) is 15.3 Å². The Morgan fingerprint density at radius 2 is 1.58 bits per heavy atom. The van der Waals surface area contributed by atoms with Crippen molar-refractivity contribution in [1.29, 1.82) is 0 Å². The fraction of sp³-hybridized carbons (Fsp3) is 0.250. The van der Waals surface area contributed by atoms with Crippen LogP contribution in [0.1, 0.15) is 25.0 Å². The van der Waals surface area contributed by atoms with Crippen LogP contribution in [-0.2, 0) is 12.8 Å². The van der Waals surface area contributed by atoms with Gasteiger partial charge in [-0.15, -0.1) is 0 Å². The number of benzene rings is 2. The highest BCUT2D eigenvalue weighted by atomic mass is 16.3. The van der Waals surface area contributed by atoms with Crippen molar-refractivity contribution in [3.05, 3.63) is 41.5 Å². The van der Waals surface area contributed by atoms with E-state index >= 15 is 0 Å². The number of aryl methyl sites for hydroxylation is 2. The van der Waals surface area contributed by atoms with Crippen LogP contribution >= 0.6 is 0 Å². The molecule has 3 heteroatoms. The summed E-state index contributed by atoms with van der Waals surface area (Å²) in [5.41, 5.74) is 3.53. The molecule has 0 bridgehead atoms. The first kappa shape index (κ1) is 13.3. The molecular weight excluding hydrogens is 240 g/mol. The van der Waals surface area contributed by atoms with Crippen molar-refractivity contribution in [1.82, 2.24) is 0 Å². The molecule has 100 valence electrons. The molecular formula is C16H18O3. The molecule has 3 N–H and O–H groups in total. The van der Waals surface area contributed by atoms with E-state index in [2.05, 4.69) is 13.0 Å². The van der Waals surface area contributed by atoms with Gasteiger partial charge in [-0.1, -0.05) is 32.0 Å². The minimum atomic E-state index is -0.307. The van der Waals surface area contributed by atoms with E-state index in [1.807, 2.05) is 19.1 Å². The molecule has 2 aromatic rings. The van der Waals surface area contributed by atoms with E-state index in [1.54, 1.807) is 0 Å². The highest BCUT2D eigenvalue weighted by molar-refractivity contribution is 5.77. The molecule has 19 heavy (non-hydrogen) atoms. The number of phenols is 3. The summed E-state index contributed by atoms with van der Waals surface area (Å²) >= 11 is 0. The van der Waals surface area contributed by atoms with Crippen molar-refractivity contribution in [2.45, 2.75) is 26.7 Å². The summed E-state index contributed by atoms with van der Waals surface area (Å²) < 4.78 is 0. The van der Waals surface area contributed by atoms with Gasteiger partial charge in [-0.2, -0.15) is 0 Å². The summed E-state index contributed by atoms with van der Waals surface area (Å²) in [7, 11) is 0. The largest absolute Gasteiger partial charge is 0.508 e. The quantitative estimate of drug-likeness (QED) is 0.582. The van der Waals surface area contributed by atoms with Crippen LogP contribution in [0.25, 0.3) is 11.1 Å². The molecule has 0 unspecified atom stereocenters. The van der Waals surface area contributed by atoms with Crippen molar-refractivity contribution < 1.29 is 15.3 Å². The molecule has 0 aliphatic rings. The summed E-state index contributed by atoms with van der Waals surface area (Å²) in [5.74, 6) is -0.561. The molecule has 0 amide bonds. The Morgan fingerprint density at radius 1 is 0.842 bits per heavy atom. The monoisotopic (exact) mass is 258 g/mol. The fourth-order valence-corrected chi connectivity index (χ4v) is 2.21. The van der Waals surface area contributed by atoms with Crippen LogP contribution in [0.4, 0.5) is 0 Å². The third kappa shape index (κ3) is 2.50. The lowest BCUT2D eigenvalue weighted by Crippen LogP contribution is -1.91. The molecule has 2 rings (SSSR count). The highest BCUT2D eigenvalue weighted by Crippen LogP contribution is 2.41. The van der Waals surface area contributed by atoms with E-state index in [4.69, 9.17) is 0 Å². The third-order valence-electron chi connectivity index (χ3n) is 3.33. The normalized spacial score (nSPS) is 10.6. The summed E-state index contributed by atoms with van der Waals surface area (Å²) in [6.45, 7) is 4.09. The number of rotatable bonds is 3. The zero-order chi connectivity index (χ0) is 14.0. The van der Waals surface area contributed by atoms with Gasteiger partial charge in [0, 0.05) is 11.6 Å². The topological polar surface area (TPSA) is 60.7 Å². The predicted octanol–water partition coefficient (Wildman–Crippen LogP) is 3.60. The first-order chi connectivity index (χ1) is 9.06. The van der Waals surface area contributed by atoms with E-state index in [0.717, 1.165) is 35.6 Å². The maximum absolute atomic E-state index is 10.00. The average Bonchev–Trinajstić information content (AvgIpc) is 2.42. The number of hydrogen-bond donors (Lipinski definition) is 3. The molecule has 2 aromatic carbocycles. The van der Waals surface area contributed by atoms with Gasteiger partial charge in [0.15, 0.2) is 11.5 Å². The van der Waals surface area contributed by atoms with Gasteiger partial charge in [-0.3, -0.25) is 0 Å². The summed E-state index contributed by atoms with van der Waals surface area (Å²) in [6.07, 6.45) is 1.71. The second-order valence-electron chi connectivity index (χ2n) is 4.56. The number of phenolic OH excluding ortho intramolecular Hbond substituents is 3. The molecule has 0 saturated heterocycles. The molecule has 0 fully saturated rings. The lowest BCUT2D eigenvalue weighted by molar-refractivity contribution is 0.398. The number of aromatic hydroxyl groups is 3. The van der Waals surface area contributed by atoms with Gasteiger partial charge in [0.05, 0.1) is 0 Å². The zero-order valence-electron chi connectivity index (χ0n) is 11.1. The van der Waals surface area contributed by atoms with Gasteiger partial charge >= 0.3 is 0 Å². The van der Waals surface area contributed by atoms with Crippen LogP contribution in [0.3, 0.4) is 0 Å². The fourth-order valence-electron chi connectivity index (χ4n) is 2.21. The Balaban J connectivity index is 2.69. The molecule has 0 aromatic heterocycles. The molecule has 0 atom stereocenters. The van der Waals surface area contributed by atoms with Crippen LogP contribution in [0.15, 0.2) is 30.3 Å². The molecule has 0 aliphatic carbocycles. The Morgan fingerprint density at radius 3 is 2.21 bits per heavy atom. The lowest BCUT2D eigenvalue weighted by Gasteiger charge is -2.13. The van der Waals surface area contributed by atoms with E-state index in [1.165, 1.54) is 6.07 Å². The lowest BCUT2D eigenvalue weighted by atomic mass is 9.94. The van der Waals surface area contributed by atoms with Crippen molar-refractivity contribution >= 4 is 0 Å². The van der Waals surface area contributed by atoms with Crippen molar-refractivity contribution in [2.75, 3.05) is 0 Å². The molecule has 0 saturated carbocycles. The van der Waals surface area contributed by atoms with Crippen LogP contribution in [0, 0.1) is 0 Å². The molecule has 3 nitrogen and oxygen atoms in total. The van der Waals surface area contributed by atoms with Crippen molar-refractivity contribution in [3.63, 3.8) is 0 Å². The van der Waals surface area contributed by atoms with E-state index in [0.29, 0.717) is 5.56 Å². The molecule has 0 radical (unpaired) electrons. The summed E-state index contributed by atoms with van der Waals surface area (Å²) in [4.78, 5) is 0. The van der Waals surface area contributed by atoms with E-state index in [-0.39, 0.29) is 17.2 Å². The van der Waals surface area contributed by atoms with Gasteiger partial charge < -0.3 is 15.3 Å². The summed E-state index contributed by atoms with van der Waals surface area (Å²) in [5, 5.41) is 29.2. The Bertz CT molecular complexity index is 603. The summed E-state index contributed by atoms with van der Waals surface area (Å²) in [6, 6.07) is 8.68. The smallest absolute Gasteiger partial charge is 0.165 e. The average molecular weight is 258 g/mol. The minimum absolute atomic E-state index is 0.0609. The van der Waals surface area contributed by atoms with Gasteiger partial charge in [0.1, 0.15) is 5.75 Å². The van der Waals surface area contributed by atoms with E-state index < -0.39 is 0 Å². The van der Waals surface area contributed by atoms with Crippen molar-refractivity contribution in [3.8, 4) is 28.4 Å². The zero-order valence-corrected chi connectivity index (χ0v) is 11.1. The van der Waals surface area contributed by atoms with Gasteiger partial charge in [-0.25, -0.2) is 0 Å². The van der Waals surface area contributed by atoms with Crippen LogP contribution in [0.5, 0.6) is 17.2 Å². The molecule has 0 aliphatic heterocycles. The SMILES string of the molecule is CCc1ccc(CC)c(-c2cc(O)cc(O)c2O)c1. The van der Waals surface area contributed by atoms with Gasteiger partial charge in [-0.05, 0) is 35.6 Å². The Hall–Kier alpha value is -2.16. The maximum Gasteiger partial charge on any atom is 0.165 e. The Labute approximate surface area is 112 Å². The second kappa shape index (κ2) is 5.22. The standard InChI is InChI=1S/C16H18O3/c1-3-10-5-6-11(4-2)13(7-10)14-8-12(17)9-15(18)16(14)19/h5-9,17-19H,3-4H2,1-2H3. The third-order valence-corrected chi connectivity index (χ3v) is 3.33. The number of hydrogen-bond acceptors (Lipinski definition) is 3. The minimum Gasteiger partial charge on any atom is -0.508 e. The first-order valence-corrected chi connectivity index (χ1v) is 6.43. The Kier molecular flexibility index (Phi) is 3.65. The van der Waals surface area contributed by atoms with Gasteiger partial charge in [0.25, 0.3) is 0 Å².